The molecule has 35 heavy (non-hydrogen) atoms. The van der Waals surface area contributed by atoms with Crippen LogP contribution in [0.3, 0.4) is 0 Å². The average molecular weight is 467 g/mol. The first kappa shape index (κ1) is 22.8. The number of hydrogen-bond donors (Lipinski definition) is 3. The zero-order chi connectivity index (χ0) is 24.4. The quantitative estimate of drug-likeness (QED) is 0.331. The molecule has 0 bridgehead atoms. The Labute approximate surface area is 203 Å². The maximum Gasteiger partial charge on any atom is 0.132 e. The SMILES string of the molecule is CNc1ccc(-c2ncc3c(ccn3CC3CCNCC3)c2-c2ccc(C#N)cc2F)cc1C=N. The second-order valence-corrected chi connectivity index (χ2v) is 8.94. The summed E-state index contributed by atoms with van der Waals surface area (Å²) in [5, 5.41) is 24.5. The van der Waals surface area contributed by atoms with Crippen molar-refractivity contribution in [2.75, 3.05) is 25.5 Å². The van der Waals surface area contributed by atoms with Gasteiger partial charge in [0.2, 0.25) is 0 Å². The van der Waals surface area contributed by atoms with Gasteiger partial charge in [-0.25, -0.2) is 4.39 Å². The molecule has 4 aromatic rings. The minimum atomic E-state index is -0.454. The van der Waals surface area contributed by atoms with Crippen molar-refractivity contribution in [2.24, 2.45) is 5.92 Å². The number of fused-ring (bicyclic) bond motifs is 1. The number of pyridine rings is 1. The second kappa shape index (κ2) is 9.69. The molecule has 0 atom stereocenters. The van der Waals surface area contributed by atoms with E-state index in [9.17, 15) is 5.26 Å². The first-order chi connectivity index (χ1) is 17.1. The number of piperidine rings is 1. The summed E-state index contributed by atoms with van der Waals surface area (Å²) in [4.78, 5) is 4.83. The Morgan fingerprint density at radius 2 is 2.06 bits per heavy atom. The van der Waals surface area contributed by atoms with Gasteiger partial charge in [-0.1, -0.05) is 12.1 Å². The highest BCUT2D eigenvalue weighted by Crippen LogP contribution is 2.39. The van der Waals surface area contributed by atoms with Crippen molar-refractivity contribution in [3.8, 4) is 28.5 Å². The molecule has 3 heterocycles. The normalized spacial score (nSPS) is 14.1. The Balaban J connectivity index is 1.71. The van der Waals surface area contributed by atoms with Gasteiger partial charge in [0.05, 0.1) is 29.0 Å². The van der Waals surface area contributed by atoms with Gasteiger partial charge in [-0.05, 0) is 62.2 Å². The van der Waals surface area contributed by atoms with Gasteiger partial charge in [0.1, 0.15) is 5.82 Å². The summed E-state index contributed by atoms with van der Waals surface area (Å²) < 4.78 is 17.6. The van der Waals surface area contributed by atoms with E-state index in [2.05, 4.69) is 21.4 Å². The first-order valence-electron chi connectivity index (χ1n) is 11.8. The van der Waals surface area contributed by atoms with Crippen molar-refractivity contribution in [1.29, 1.82) is 10.7 Å². The minimum Gasteiger partial charge on any atom is -0.388 e. The number of aromatic nitrogens is 2. The largest absolute Gasteiger partial charge is 0.388 e. The third-order valence-electron chi connectivity index (χ3n) is 6.86. The van der Waals surface area contributed by atoms with E-state index < -0.39 is 5.82 Å². The van der Waals surface area contributed by atoms with Gasteiger partial charge in [-0.3, -0.25) is 4.98 Å². The molecule has 176 valence electrons. The summed E-state index contributed by atoms with van der Waals surface area (Å²) in [6.07, 6.45) is 7.49. The molecular weight excluding hydrogens is 439 g/mol. The van der Waals surface area contributed by atoms with Gasteiger partial charge in [0, 0.05) is 59.3 Å². The van der Waals surface area contributed by atoms with Crippen LogP contribution in [0.2, 0.25) is 0 Å². The maximum atomic E-state index is 15.4. The van der Waals surface area contributed by atoms with Gasteiger partial charge >= 0.3 is 0 Å². The predicted octanol–water partition coefficient (Wildman–Crippen LogP) is 5.42. The Bertz CT molecular complexity index is 1440. The molecule has 5 rings (SSSR count). The monoisotopic (exact) mass is 466 g/mol. The Kier molecular flexibility index (Phi) is 6.30. The number of nitrogens with one attached hydrogen (secondary N) is 3. The predicted molar refractivity (Wildman–Crippen MR) is 138 cm³/mol. The maximum absolute atomic E-state index is 15.4. The molecule has 0 radical (unpaired) electrons. The molecule has 0 saturated carbocycles. The fourth-order valence-electron chi connectivity index (χ4n) is 5.00. The second-order valence-electron chi connectivity index (χ2n) is 8.94. The van der Waals surface area contributed by atoms with E-state index in [-0.39, 0.29) is 5.56 Å². The topological polar surface area (TPSA) is 89.5 Å². The molecule has 1 aliphatic heterocycles. The van der Waals surface area contributed by atoms with Gasteiger partial charge < -0.3 is 20.6 Å². The molecule has 2 aromatic carbocycles. The Morgan fingerprint density at radius 1 is 1.23 bits per heavy atom. The molecule has 1 aliphatic rings. The molecule has 0 aliphatic carbocycles. The van der Waals surface area contributed by atoms with Crippen molar-refractivity contribution in [1.82, 2.24) is 14.9 Å². The lowest BCUT2D eigenvalue weighted by molar-refractivity contribution is 0.337. The highest BCUT2D eigenvalue weighted by atomic mass is 19.1. The molecule has 1 fully saturated rings. The summed E-state index contributed by atoms with van der Waals surface area (Å²) in [6, 6.07) is 14.4. The zero-order valence-electron chi connectivity index (χ0n) is 19.6. The number of nitriles is 1. The van der Waals surface area contributed by atoms with Crippen LogP contribution in [0.1, 0.15) is 24.0 Å². The third-order valence-corrected chi connectivity index (χ3v) is 6.86. The van der Waals surface area contributed by atoms with E-state index in [4.69, 9.17) is 10.4 Å². The molecule has 0 amide bonds. The third kappa shape index (κ3) is 4.29. The number of anilines is 1. The van der Waals surface area contributed by atoms with Crippen LogP contribution in [0.15, 0.2) is 54.9 Å². The molecule has 7 heteroatoms. The lowest BCUT2D eigenvalue weighted by Gasteiger charge is -2.23. The lowest BCUT2D eigenvalue weighted by atomic mass is 9.94. The number of nitrogens with zero attached hydrogens (tertiary/aromatic N) is 3. The van der Waals surface area contributed by atoms with E-state index >= 15 is 4.39 Å². The molecule has 0 unspecified atom stereocenters. The molecule has 6 nitrogen and oxygen atoms in total. The molecule has 2 aromatic heterocycles. The van der Waals surface area contributed by atoms with Crippen LogP contribution in [0.25, 0.3) is 33.3 Å². The van der Waals surface area contributed by atoms with Crippen LogP contribution in [0, 0.1) is 28.5 Å². The zero-order valence-corrected chi connectivity index (χ0v) is 19.6. The van der Waals surface area contributed by atoms with E-state index in [1.54, 1.807) is 12.1 Å². The van der Waals surface area contributed by atoms with Gasteiger partial charge in [-0.2, -0.15) is 5.26 Å². The van der Waals surface area contributed by atoms with E-state index in [0.717, 1.165) is 60.2 Å². The fourth-order valence-corrected chi connectivity index (χ4v) is 5.00. The average Bonchev–Trinajstić information content (AvgIpc) is 3.31. The lowest BCUT2D eigenvalue weighted by Crippen LogP contribution is -2.29. The van der Waals surface area contributed by atoms with Crippen LogP contribution in [0.4, 0.5) is 10.1 Å². The molecule has 0 spiro atoms. The van der Waals surface area contributed by atoms with Gasteiger partial charge in [0.15, 0.2) is 0 Å². The highest BCUT2D eigenvalue weighted by molar-refractivity contribution is 6.02. The van der Waals surface area contributed by atoms with Gasteiger partial charge in [0.25, 0.3) is 0 Å². The number of hydrogen-bond acceptors (Lipinski definition) is 5. The van der Waals surface area contributed by atoms with Crippen molar-refractivity contribution < 1.29 is 4.39 Å². The summed E-state index contributed by atoms with van der Waals surface area (Å²) in [7, 11) is 1.81. The first-order valence-corrected chi connectivity index (χ1v) is 11.8. The van der Waals surface area contributed by atoms with Crippen molar-refractivity contribution in [2.45, 2.75) is 19.4 Å². The number of benzene rings is 2. The number of rotatable bonds is 6. The van der Waals surface area contributed by atoms with Crippen LogP contribution < -0.4 is 10.6 Å². The summed E-state index contributed by atoms with van der Waals surface area (Å²) in [5.74, 6) is 0.135. The summed E-state index contributed by atoms with van der Waals surface area (Å²) in [6.45, 7) is 2.97. The van der Waals surface area contributed by atoms with Crippen LogP contribution in [-0.2, 0) is 6.54 Å². The smallest absolute Gasteiger partial charge is 0.132 e. The van der Waals surface area contributed by atoms with E-state index in [1.807, 2.05) is 43.6 Å². The number of halogens is 1. The Morgan fingerprint density at radius 3 is 2.77 bits per heavy atom. The Hall–Kier alpha value is -4.02. The summed E-state index contributed by atoms with van der Waals surface area (Å²) in [5.41, 5.74) is 5.35. The highest BCUT2D eigenvalue weighted by Gasteiger charge is 2.21. The van der Waals surface area contributed by atoms with Crippen molar-refractivity contribution in [3.05, 3.63) is 71.8 Å². The van der Waals surface area contributed by atoms with Crippen molar-refractivity contribution in [3.63, 3.8) is 0 Å². The molecule has 1 saturated heterocycles. The van der Waals surface area contributed by atoms with Crippen LogP contribution >= 0.6 is 0 Å². The molecule has 3 N–H and O–H groups in total. The van der Waals surface area contributed by atoms with Crippen molar-refractivity contribution >= 4 is 22.8 Å². The summed E-state index contributed by atoms with van der Waals surface area (Å²) >= 11 is 0. The van der Waals surface area contributed by atoms with E-state index in [0.29, 0.717) is 22.7 Å². The van der Waals surface area contributed by atoms with E-state index in [1.165, 1.54) is 12.3 Å². The molecular formula is C28H27FN6. The standard InChI is InChI=1S/C28H27FN6/c1-32-25-5-3-20(13-21(25)15-31)28-27(22-4-2-19(14-30)12-24(22)29)23-8-11-35(26(23)16-34-28)17-18-6-9-33-10-7-18/h2-5,8,11-13,15-16,18,31-33H,6-7,9-10,17H2,1H3. The van der Waals surface area contributed by atoms with Gasteiger partial charge in [-0.15, -0.1) is 0 Å². The van der Waals surface area contributed by atoms with Crippen LogP contribution in [0.5, 0.6) is 0 Å². The fraction of sp³-hybridized carbons (Fsp3) is 0.250. The minimum absolute atomic E-state index is 0.279. The van der Waals surface area contributed by atoms with Crippen LogP contribution in [-0.4, -0.2) is 35.9 Å².